The number of nitrogens with one attached hydrogen (secondary N) is 1. The maximum atomic E-state index is 12.3. The third-order valence-electron chi connectivity index (χ3n) is 4.94. The average molecular weight is 346 g/mol. The van der Waals surface area contributed by atoms with Gasteiger partial charge in [0.25, 0.3) is 0 Å². The fraction of sp³-hybridized carbons (Fsp3) is 0.611. The largest absolute Gasteiger partial charge is 0.467 e. The lowest BCUT2D eigenvalue weighted by Gasteiger charge is -2.30. The lowest BCUT2D eigenvalue weighted by Crippen LogP contribution is -2.39. The van der Waals surface area contributed by atoms with Crippen molar-refractivity contribution in [1.82, 2.24) is 15.2 Å². The molecule has 1 N–H and O–H groups in total. The highest BCUT2D eigenvalue weighted by Gasteiger charge is 2.34. The van der Waals surface area contributed by atoms with E-state index >= 15 is 0 Å². The monoisotopic (exact) mass is 346 g/mol. The standard InChI is InChI=1S/C18H26N4O3/c1-13(2)21-7-5-15(6-8-21)19-20-18(24)14-10-17(23)22(11-14)12-16-4-3-9-25-16/h3-4,9,13-14H,5-8,10-12H2,1-2H3,(H,20,24). The van der Waals surface area contributed by atoms with E-state index in [2.05, 4.69) is 29.3 Å². The number of likely N-dealkylation sites (tertiary alicyclic amines) is 2. The zero-order valence-electron chi connectivity index (χ0n) is 14.9. The molecular formula is C18H26N4O3. The molecule has 3 heterocycles. The SMILES string of the molecule is CC(C)N1CCC(=NNC(=O)C2CC(=O)N(Cc3ccco3)C2)CC1. The van der Waals surface area contributed by atoms with Gasteiger partial charge in [-0.1, -0.05) is 0 Å². The molecule has 25 heavy (non-hydrogen) atoms. The molecule has 3 rings (SSSR count). The molecule has 1 aromatic heterocycles. The Morgan fingerprint density at radius 3 is 2.80 bits per heavy atom. The van der Waals surface area contributed by atoms with Gasteiger partial charge in [0.2, 0.25) is 11.8 Å². The number of amides is 2. The van der Waals surface area contributed by atoms with Crippen LogP contribution in [0.25, 0.3) is 0 Å². The molecule has 136 valence electrons. The predicted molar refractivity (Wildman–Crippen MR) is 93.8 cm³/mol. The van der Waals surface area contributed by atoms with E-state index in [1.54, 1.807) is 17.2 Å². The fourth-order valence-electron chi connectivity index (χ4n) is 3.33. The molecule has 2 amide bonds. The average Bonchev–Trinajstić information content (AvgIpc) is 3.24. The predicted octanol–water partition coefficient (Wildman–Crippen LogP) is 1.60. The lowest BCUT2D eigenvalue weighted by atomic mass is 10.1. The molecule has 0 bridgehead atoms. The van der Waals surface area contributed by atoms with Crippen molar-refractivity contribution in [2.45, 2.75) is 45.7 Å². The maximum Gasteiger partial charge on any atom is 0.245 e. The summed E-state index contributed by atoms with van der Waals surface area (Å²) in [6.45, 7) is 7.16. The molecule has 0 saturated carbocycles. The number of carbonyl (C=O) groups excluding carboxylic acids is 2. The van der Waals surface area contributed by atoms with Crippen LogP contribution in [0.1, 0.15) is 38.9 Å². The van der Waals surface area contributed by atoms with Crippen molar-refractivity contribution < 1.29 is 14.0 Å². The molecular weight excluding hydrogens is 320 g/mol. The van der Waals surface area contributed by atoms with Gasteiger partial charge in [-0.2, -0.15) is 5.10 Å². The van der Waals surface area contributed by atoms with Gasteiger partial charge in [0.05, 0.1) is 18.7 Å². The summed E-state index contributed by atoms with van der Waals surface area (Å²) in [6.07, 6.45) is 3.58. The summed E-state index contributed by atoms with van der Waals surface area (Å²) >= 11 is 0. The Labute approximate surface area is 148 Å². The number of furan rings is 1. The van der Waals surface area contributed by atoms with Crippen LogP contribution in [0.5, 0.6) is 0 Å². The molecule has 7 heteroatoms. The van der Waals surface area contributed by atoms with Crippen LogP contribution in [-0.2, 0) is 16.1 Å². The first-order chi connectivity index (χ1) is 12.0. The van der Waals surface area contributed by atoms with Gasteiger partial charge in [0.15, 0.2) is 0 Å². The van der Waals surface area contributed by atoms with E-state index < -0.39 is 0 Å². The van der Waals surface area contributed by atoms with Gasteiger partial charge in [-0.15, -0.1) is 0 Å². The molecule has 0 aromatic carbocycles. The molecule has 1 atom stereocenters. The van der Waals surface area contributed by atoms with E-state index in [-0.39, 0.29) is 24.2 Å². The summed E-state index contributed by atoms with van der Waals surface area (Å²) in [5.74, 6) is 0.192. The van der Waals surface area contributed by atoms with Crippen LogP contribution in [0.15, 0.2) is 27.9 Å². The van der Waals surface area contributed by atoms with E-state index in [0.29, 0.717) is 19.1 Å². The Morgan fingerprint density at radius 1 is 1.40 bits per heavy atom. The number of hydrazone groups is 1. The van der Waals surface area contributed by atoms with Crippen molar-refractivity contribution in [3.05, 3.63) is 24.2 Å². The molecule has 0 radical (unpaired) electrons. The zero-order chi connectivity index (χ0) is 17.8. The Kier molecular flexibility index (Phi) is 5.53. The van der Waals surface area contributed by atoms with Crippen LogP contribution < -0.4 is 5.43 Å². The van der Waals surface area contributed by atoms with Crippen LogP contribution >= 0.6 is 0 Å². The summed E-state index contributed by atoms with van der Waals surface area (Å²) in [5.41, 5.74) is 3.70. The maximum absolute atomic E-state index is 12.3. The number of nitrogens with zero attached hydrogens (tertiary/aromatic N) is 3. The van der Waals surface area contributed by atoms with Crippen molar-refractivity contribution in [2.75, 3.05) is 19.6 Å². The van der Waals surface area contributed by atoms with E-state index in [4.69, 9.17) is 4.42 Å². The Hall–Kier alpha value is -2.15. The summed E-state index contributed by atoms with van der Waals surface area (Å²) in [6, 6.07) is 4.16. The minimum absolute atomic E-state index is 0.0190. The van der Waals surface area contributed by atoms with Crippen LogP contribution in [0.3, 0.4) is 0 Å². The number of hydrogen-bond acceptors (Lipinski definition) is 5. The Balaban J connectivity index is 1.47. The topological polar surface area (TPSA) is 78.2 Å². The minimum atomic E-state index is -0.345. The molecule has 2 saturated heterocycles. The second-order valence-corrected chi connectivity index (χ2v) is 7.04. The van der Waals surface area contributed by atoms with Crippen LogP contribution in [0.4, 0.5) is 0 Å². The summed E-state index contributed by atoms with van der Waals surface area (Å²) in [7, 11) is 0. The van der Waals surface area contributed by atoms with E-state index in [1.165, 1.54) is 0 Å². The minimum Gasteiger partial charge on any atom is -0.467 e. The first-order valence-electron chi connectivity index (χ1n) is 8.92. The van der Waals surface area contributed by atoms with Crippen LogP contribution in [0, 0.1) is 5.92 Å². The first-order valence-corrected chi connectivity index (χ1v) is 8.92. The number of hydrogen-bond donors (Lipinski definition) is 1. The van der Waals surface area contributed by atoms with Crippen molar-refractivity contribution >= 4 is 17.5 Å². The van der Waals surface area contributed by atoms with Gasteiger partial charge in [-0.05, 0) is 26.0 Å². The normalized spacial score (nSPS) is 21.9. The van der Waals surface area contributed by atoms with Gasteiger partial charge in [-0.25, -0.2) is 5.43 Å². The van der Waals surface area contributed by atoms with Gasteiger partial charge < -0.3 is 14.2 Å². The van der Waals surface area contributed by atoms with Crippen LogP contribution in [-0.4, -0.2) is 53.0 Å². The highest BCUT2D eigenvalue weighted by molar-refractivity contribution is 5.91. The van der Waals surface area contributed by atoms with Crippen LogP contribution in [0.2, 0.25) is 0 Å². The van der Waals surface area contributed by atoms with E-state index in [1.807, 2.05) is 6.07 Å². The van der Waals surface area contributed by atoms with Gasteiger partial charge in [0.1, 0.15) is 5.76 Å². The third kappa shape index (κ3) is 4.48. The van der Waals surface area contributed by atoms with Gasteiger partial charge >= 0.3 is 0 Å². The Bertz CT molecular complexity index is 629. The molecule has 0 spiro atoms. The van der Waals surface area contributed by atoms with Crippen molar-refractivity contribution in [2.24, 2.45) is 11.0 Å². The lowest BCUT2D eigenvalue weighted by molar-refractivity contribution is -0.129. The highest BCUT2D eigenvalue weighted by Crippen LogP contribution is 2.20. The molecule has 1 unspecified atom stereocenters. The van der Waals surface area contributed by atoms with Crippen molar-refractivity contribution in [3.63, 3.8) is 0 Å². The summed E-state index contributed by atoms with van der Waals surface area (Å²) in [5, 5.41) is 4.29. The third-order valence-corrected chi connectivity index (χ3v) is 4.94. The smallest absolute Gasteiger partial charge is 0.245 e. The fourth-order valence-corrected chi connectivity index (χ4v) is 3.33. The van der Waals surface area contributed by atoms with Gasteiger partial charge in [-0.3, -0.25) is 9.59 Å². The first kappa shape index (κ1) is 17.7. The second kappa shape index (κ2) is 7.82. The highest BCUT2D eigenvalue weighted by atomic mass is 16.3. The van der Waals surface area contributed by atoms with E-state index in [9.17, 15) is 9.59 Å². The molecule has 2 aliphatic rings. The summed E-state index contributed by atoms with van der Waals surface area (Å²) in [4.78, 5) is 28.5. The molecule has 2 aliphatic heterocycles. The molecule has 0 aliphatic carbocycles. The quantitative estimate of drug-likeness (QED) is 0.822. The van der Waals surface area contributed by atoms with Gasteiger partial charge in [0, 0.05) is 50.7 Å². The molecule has 7 nitrogen and oxygen atoms in total. The zero-order valence-corrected chi connectivity index (χ0v) is 14.9. The molecule has 2 fully saturated rings. The molecule has 1 aromatic rings. The van der Waals surface area contributed by atoms with E-state index in [0.717, 1.165) is 37.4 Å². The van der Waals surface area contributed by atoms with Crippen molar-refractivity contribution in [1.29, 1.82) is 0 Å². The number of rotatable bonds is 5. The number of carbonyl (C=O) groups is 2. The summed E-state index contributed by atoms with van der Waals surface area (Å²) < 4.78 is 5.27. The van der Waals surface area contributed by atoms with Crippen molar-refractivity contribution in [3.8, 4) is 0 Å². The Morgan fingerprint density at radius 2 is 2.16 bits per heavy atom. The number of piperidine rings is 1. The second-order valence-electron chi connectivity index (χ2n) is 7.04.